The second-order valence-electron chi connectivity index (χ2n) is 6.92. The Morgan fingerprint density at radius 3 is 2.64 bits per heavy atom. The largest absolute Gasteiger partial charge is 0.330 e. The van der Waals surface area contributed by atoms with Gasteiger partial charge in [0.05, 0.1) is 16.7 Å². The van der Waals surface area contributed by atoms with E-state index in [0.29, 0.717) is 17.8 Å². The highest BCUT2D eigenvalue weighted by Crippen LogP contribution is 2.41. The SMILES string of the molecule is C[C@H](NC(=O)N1C[C@H]2CC=CC[C@H]2C1)c1csc(C2CC2)n1. The zero-order valence-corrected chi connectivity index (χ0v) is 13.8. The van der Waals surface area contributed by atoms with E-state index in [9.17, 15) is 4.79 Å². The van der Waals surface area contributed by atoms with Crippen molar-refractivity contribution < 1.29 is 4.79 Å². The first-order chi connectivity index (χ1) is 10.7. The number of aromatic nitrogens is 1. The molecule has 0 radical (unpaired) electrons. The van der Waals surface area contributed by atoms with E-state index >= 15 is 0 Å². The summed E-state index contributed by atoms with van der Waals surface area (Å²) in [6, 6.07) is 0.0693. The standard InChI is InChI=1S/C17H23N3OS/c1-11(15-10-22-16(19-15)12-6-7-12)18-17(21)20-8-13-4-2-3-5-14(13)9-20/h2-3,10-14H,4-9H2,1H3,(H,18,21)/t11-,13-,14+/m0/s1. The van der Waals surface area contributed by atoms with Crippen molar-refractivity contribution in [2.45, 2.75) is 44.6 Å². The molecule has 2 amide bonds. The molecule has 1 aromatic heterocycles. The summed E-state index contributed by atoms with van der Waals surface area (Å²) in [5.74, 6) is 2.01. The van der Waals surface area contributed by atoms with Gasteiger partial charge in [-0.2, -0.15) is 0 Å². The van der Waals surface area contributed by atoms with E-state index in [0.717, 1.165) is 31.6 Å². The first-order valence-corrected chi connectivity index (χ1v) is 9.24. The zero-order chi connectivity index (χ0) is 15.1. The Morgan fingerprint density at radius 2 is 2.00 bits per heavy atom. The van der Waals surface area contributed by atoms with E-state index in [1.807, 2.05) is 11.8 Å². The number of thiazole rings is 1. The van der Waals surface area contributed by atoms with Crippen LogP contribution in [-0.4, -0.2) is 29.0 Å². The van der Waals surface area contributed by atoms with Gasteiger partial charge in [-0.3, -0.25) is 0 Å². The van der Waals surface area contributed by atoms with Crippen molar-refractivity contribution in [3.63, 3.8) is 0 Å². The van der Waals surface area contributed by atoms with Crippen LogP contribution in [0.25, 0.3) is 0 Å². The van der Waals surface area contributed by atoms with Crippen LogP contribution in [0, 0.1) is 11.8 Å². The summed E-state index contributed by atoms with van der Waals surface area (Å²) in [4.78, 5) is 19.2. The number of urea groups is 1. The zero-order valence-electron chi connectivity index (χ0n) is 13.0. The van der Waals surface area contributed by atoms with E-state index in [2.05, 4.69) is 22.8 Å². The van der Waals surface area contributed by atoms with Gasteiger partial charge < -0.3 is 10.2 Å². The number of likely N-dealkylation sites (tertiary alicyclic amines) is 1. The third-order valence-electron chi connectivity index (χ3n) is 5.16. The van der Waals surface area contributed by atoms with Crippen LogP contribution in [0.3, 0.4) is 0 Å². The van der Waals surface area contributed by atoms with Gasteiger partial charge >= 0.3 is 6.03 Å². The van der Waals surface area contributed by atoms with Crippen LogP contribution in [0.1, 0.15) is 55.3 Å². The lowest BCUT2D eigenvalue weighted by Crippen LogP contribution is -2.40. The molecule has 22 heavy (non-hydrogen) atoms. The van der Waals surface area contributed by atoms with Crippen molar-refractivity contribution in [2.24, 2.45) is 11.8 Å². The van der Waals surface area contributed by atoms with E-state index in [4.69, 9.17) is 4.98 Å². The maximum Gasteiger partial charge on any atom is 0.317 e. The summed E-state index contributed by atoms with van der Waals surface area (Å²) in [5.41, 5.74) is 1.01. The van der Waals surface area contributed by atoms with E-state index in [-0.39, 0.29) is 12.1 Å². The summed E-state index contributed by atoms with van der Waals surface area (Å²) in [6.45, 7) is 3.84. The number of carbonyl (C=O) groups excluding carboxylic acids is 1. The lowest BCUT2D eigenvalue weighted by Gasteiger charge is -2.20. The number of amides is 2. The maximum atomic E-state index is 12.5. The molecule has 2 aliphatic carbocycles. The Labute approximate surface area is 135 Å². The van der Waals surface area contributed by atoms with Crippen LogP contribution in [-0.2, 0) is 0 Å². The maximum absolute atomic E-state index is 12.5. The Kier molecular flexibility index (Phi) is 3.68. The number of rotatable bonds is 3. The molecule has 2 heterocycles. The van der Waals surface area contributed by atoms with Gasteiger partial charge in [0.25, 0.3) is 0 Å². The molecule has 1 aromatic rings. The summed E-state index contributed by atoms with van der Waals surface area (Å²) in [7, 11) is 0. The van der Waals surface area contributed by atoms with Gasteiger partial charge in [-0.1, -0.05) is 12.2 Å². The van der Waals surface area contributed by atoms with E-state index in [1.54, 1.807) is 11.3 Å². The smallest absolute Gasteiger partial charge is 0.317 e. The Hall–Kier alpha value is -1.36. The minimum absolute atomic E-state index is 0.00277. The minimum Gasteiger partial charge on any atom is -0.330 e. The summed E-state index contributed by atoms with van der Waals surface area (Å²) in [5, 5.41) is 6.48. The molecule has 0 spiro atoms. The van der Waals surface area contributed by atoms with Gasteiger partial charge in [0.2, 0.25) is 0 Å². The van der Waals surface area contributed by atoms with Gasteiger partial charge in [-0.05, 0) is 44.4 Å². The van der Waals surface area contributed by atoms with E-state index in [1.165, 1.54) is 17.8 Å². The normalized spacial score (nSPS) is 28.5. The lowest BCUT2D eigenvalue weighted by atomic mass is 9.86. The minimum atomic E-state index is -0.00277. The molecule has 0 bridgehead atoms. The molecule has 0 unspecified atom stereocenters. The average Bonchev–Trinajstić information content (AvgIpc) is 3.10. The molecule has 3 atom stereocenters. The summed E-state index contributed by atoms with van der Waals surface area (Å²) < 4.78 is 0. The van der Waals surface area contributed by atoms with Gasteiger partial charge in [0.1, 0.15) is 0 Å². The van der Waals surface area contributed by atoms with Crippen molar-refractivity contribution in [1.29, 1.82) is 0 Å². The fourth-order valence-corrected chi connectivity index (χ4v) is 4.63. The van der Waals surface area contributed by atoms with Crippen LogP contribution >= 0.6 is 11.3 Å². The number of carbonyl (C=O) groups is 1. The quantitative estimate of drug-likeness (QED) is 0.864. The number of fused-ring (bicyclic) bond motifs is 1. The molecule has 3 aliphatic rings. The van der Waals surface area contributed by atoms with Gasteiger partial charge in [-0.25, -0.2) is 9.78 Å². The van der Waals surface area contributed by atoms with Crippen LogP contribution in [0.2, 0.25) is 0 Å². The average molecular weight is 317 g/mol. The third kappa shape index (κ3) is 2.78. The van der Waals surface area contributed by atoms with Crippen LogP contribution < -0.4 is 5.32 Å². The number of allylic oxidation sites excluding steroid dienone is 2. The predicted molar refractivity (Wildman–Crippen MR) is 88.0 cm³/mol. The highest BCUT2D eigenvalue weighted by atomic mass is 32.1. The summed E-state index contributed by atoms with van der Waals surface area (Å²) in [6.07, 6.45) is 9.33. The fraction of sp³-hybridized carbons (Fsp3) is 0.647. The molecular weight excluding hydrogens is 294 g/mol. The van der Waals surface area contributed by atoms with Crippen molar-refractivity contribution >= 4 is 17.4 Å². The Balaban J connectivity index is 1.35. The number of hydrogen-bond acceptors (Lipinski definition) is 3. The molecule has 1 saturated heterocycles. The number of hydrogen-bond donors (Lipinski definition) is 1. The van der Waals surface area contributed by atoms with Crippen LogP contribution in [0.5, 0.6) is 0 Å². The molecule has 0 aromatic carbocycles. The second kappa shape index (κ2) is 5.69. The molecule has 118 valence electrons. The molecule has 1 saturated carbocycles. The van der Waals surface area contributed by atoms with Gasteiger partial charge in [0.15, 0.2) is 0 Å². The molecule has 2 fully saturated rings. The number of nitrogens with one attached hydrogen (secondary N) is 1. The Morgan fingerprint density at radius 1 is 1.32 bits per heavy atom. The topological polar surface area (TPSA) is 45.2 Å². The molecule has 5 heteroatoms. The lowest BCUT2D eigenvalue weighted by molar-refractivity contribution is 0.203. The first kappa shape index (κ1) is 14.2. The van der Waals surface area contributed by atoms with Crippen LogP contribution in [0.15, 0.2) is 17.5 Å². The monoisotopic (exact) mass is 317 g/mol. The fourth-order valence-electron chi connectivity index (χ4n) is 3.55. The van der Waals surface area contributed by atoms with Crippen LogP contribution in [0.4, 0.5) is 4.79 Å². The molecule has 1 aliphatic heterocycles. The van der Waals surface area contributed by atoms with Crippen molar-refractivity contribution in [3.05, 3.63) is 28.2 Å². The molecule has 4 nitrogen and oxygen atoms in total. The first-order valence-electron chi connectivity index (χ1n) is 8.36. The Bertz CT molecular complexity index is 576. The van der Waals surface area contributed by atoms with E-state index < -0.39 is 0 Å². The highest BCUT2D eigenvalue weighted by molar-refractivity contribution is 7.09. The van der Waals surface area contributed by atoms with Gasteiger partial charge in [-0.15, -0.1) is 11.3 Å². The van der Waals surface area contributed by atoms with Crippen molar-refractivity contribution in [2.75, 3.05) is 13.1 Å². The van der Waals surface area contributed by atoms with Crippen molar-refractivity contribution in [1.82, 2.24) is 15.2 Å². The number of nitrogens with zero attached hydrogens (tertiary/aromatic N) is 2. The van der Waals surface area contributed by atoms with Crippen molar-refractivity contribution in [3.8, 4) is 0 Å². The molecule has 1 N–H and O–H groups in total. The third-order valence-corrected chi connectivity index (χ3v) is 6.18. The molecule has 4 rings (SSSR count). The molecular formula is C17H23N3OS. The van der Waals surface area contributed by atoms with Gasteiger partial charge in [0, 0.05) is 24.4 Å². The highest BCUT2D eigenvalue weighted by Gasteiger charge is 2.35. The summed E-state index contributed by atoms with van der Waals surface area (Å²) >= 11 is 1.74. The second-order valence-corrected chi connectivity index (χ2v) is 7.81. The predicted octanol–water partition coefficient (Wildman–Crippen LogP) is 3.69.